The lowest BCUT2D eigenvalue weighted by Crippen LogP contribution is -2.38. The SMILES string of the molecule is CN(C)C(=O)c1cccc(NC(=O)NCC(c2ccco2)N2CCCC2)c1. The minimum absolute atomic E-state index is 0.0231. The molecule has 7 heteroatoms. The van der Waals surface area contributed by atoms with Crippen molar-refractivity contribution in [3.05, 3.63) is 54.0 Å². The summed E-state index contributed by atoms with van der Waals surface area (Å²) in [6.07, 6.45) is 3.98. The molecule has 0 aliphatic carbocycles. The van der Waals surface area contributed by atoms with Crippen molar-refractivity contribution in [3.63, 3.8) is 0 Å². The highest BCUT2D eigenvalue weighted by Crippen LogP contribution is 2.24. The average molecular weight is 370 g/mol. The molecule has 0 spiro atoms. The molecule has 0 bridgehead atoms. The number of rotatable bonds is 6. The fraction of sp³-hybridized carbons (Fsp3) is 0.400. The smallest absolute Gasteiger partial charge is 0.319 e. The van der Waals surface area contributed by atoms with Crippen molar-refractivity contribution < 1.29 is 14.0 Å². The van der Waals surface area contributed by atoms with Gasteiger partial charge in [0.2, 0.25) is 0 Å². The van der Waals surface area contributed by atoms with Crippen LogP contribution < -0.4 is 10.6 Å². The highest BCUT2D eigenvalue weighted by molar-refractivity contribution is 5.96. The molecule has 144 valence electrons. The molecule has 1 saturated heterocycles. The number of carbonyl (C=O) groups excluding carboxylic acids is 2. The topological polar surface area (TPSA) is 77.8 Å². The number of carbonyl (C=O) groups is 2. The van der Waals surface area contributed by atoms with Crippen LogP contribution in [0, 0.1) is 0 Å². The summed E-state index contributed by atoms with van der Waals surface area (Å²) < 4.78 is 5.57. The van der Waals surface area contributed by atoms with Crippen LogP contribution in [0.5, 0.6) is 0 Å². The zero-order valence-electron chi connectivity index (χ0n) is 15.8. The Bertz CT molecular complexity index is 767. The number of urea groups is 1. The summed E-state index contributed by atoms with van der Waals surface area (Å²) in [4.78, 5) is 28.2. The zero-order chi connectivity index (χ0) is 19.2. The Kier molecular flexibility index (Phi) is 6.13. The lowest BCUT2D eigenvalue weighted by Gasteiger charge is -2.26. The number of anilines is 1. The van der Waals surface area contributed by atoms with Crippen LogP contribution >= 0.6 is 0 Å². The fourth-order valence-electron chi connectivity index (χ4n) is 3.30. The summed E-state index contributed by atoms with van der Waals surface area (Å²) in [5.74, 6) is 0.752. The first kappa shape index (κ1) is 19.0. The van der Waals surface area contributed by atoms with E-state index in [1.807, 2.05) is 12.1 Å². The van der Waals surface area contributed by atoms with Gasteiger partial charge in [-0.3, -0.25) is 9.69 Å². The molecular formula is C20H26N4O3. The van der Waals surface area contributed by atoms with E-state index >= 15 is 0 Å². The second kappa shape index (κ2) is 8.73. The molecule has 7 nitrogen and oxygen atoms in total. The third-order valence-corrected chi connectivity index (χ3v) is 4.68. The van der Waals surface area contributed by atoms with E-state index in [-0.39, 0.29) is 18.0 Å². The van der Waals surface area contributed by atoms with Crippen molar-refractivity contribution in [2.24, 2.45) is 0 Å². The molecule has 27 heavy (non-hydrogen) atoms. The Morgan fingerprint density at radius 2 is 1.96 bits per heavy atom. The van der Waals surface area contributed by atoms with Crippen LogP contribution in [0.25, 0.3) is 0 Å². The first-order valence-electron chi connectivity index (χ1n) is 9.18. The van der Waals surface area contributed by atoms with Gasteiger partial charge in [-0.05, 0) is 56.3 Å². The molecule has 1 unspecified atom stereocenters. The molecule has 0 radical (unpaired) electrons. The van der Waals surface area contributed by atoms with Gasteiger partial charge in [0.1, 0.15) is 5.76 Å². The average Bonchev–Trinajstić information content (AvgIpc) is 3.36. The monoisotopic (exact) mass is 370 g/mol. The molecule has 1 fully saturated rings. The number of likely N-dealkylation sites (tertiary alicyclic amines) is 1. The fourth-order valence-corrected chi connectivity index (χ4v) is 3.30. The Hall–Kier alpha value is -2.80. The first-order chi connectivity index (χ1) is 13.0. The summed E-state index contributed by atoms with van der Waals surface area (Å²) in [6, 6.07) is 10.4. The van der Waals surface area contributed by atoms with E-state index in [0.717, 1.165) is 31.7 Å². The first-order valence-corrected chi connectivity index (χ1v) is 9.18. The van der Waals surface area contributed by atoms with E-state index in [1.54, 1.807) is 44.6 Å². The predicted molar refractivity (Wildman–Crippen MR) is 104 cm³/mol. The lowest BCUT2D eigenvalue weighted by atomic mass is 10.2. The molecule has 2 N–H and O–H groups in total. The summed E-state index contributed by atoms with van der Waals surface area (Å²) in [6.45, 7) is 2.46. The van der Waals surface area contributed by atoms with E-state index < -0.39 is 0 Å². The van der Waals surface area contributed by atoms with Gasteiger partial charge >= 0.3 is 6.03 Å². The number of amides is 3. The van der Waals surface area contributed by atoms with Crippen molar-refractivity contribution in [2.75, 3.05) is 39.0 Å². The van der Waals surface area contributed by atoms with E-state index in [1.165, 1.54) is 4.90 Å². The van der Waals surface area contributed by atoms with Crippen LogP contribution in [0.1, 0.15) is 35.0 Å². The molecule has 2 heterocycles. The normalized spacial score (nSPS) is 15.3. The minimum atomic E-state index is -0.305. The molecule has 1 aromatic carbocycles. The molecule has 1 aliphatic rings. The van der Waals surface area contributed by atoms with Gasteiger partial charge in [0.05, 0.1) is 12.3 Å². The maximum atomic E-state index is 12.3. The van der Waals surface area contributed by atoms with E-state index in [2.05, 4.69) is 15.5 Å². The summed E-state index contributed by atoms with van der Waals surface area (Å²) >= 11 is 0. The van der Waals surface area contributed by atoms with Crippen LogP contribution in [-0.4, -0.2) is 55.5 Å². The van der Waals surface area contributed by atoms with Gasteiger partial charge in [0.25, 0.3) is 5.91 Å². The summed E-state index contributed by atoms with van der Waals surface area (Å²) in [7, 11) is 3.39. The minimum Gasteiger partial charge on any atom is -0.468 e. The zero-order valence-corrected chi connectivity index (χ0v) is 15.8. The Balaban J connectivity index is 1.60. The van der Waals surface area contributed by atoms with Crippen LogP contribution in [0.4, 0.5) is 10.5 Å². The largest absolute Gasteiger partial charge is 0.468 e. The third kappa shape index (κ3) is 4.89. The van der Waals surface area contributed by atoms with Gasteiger partial charge in [-0.25, -0.2) is 4.79 Å². The quantitative estimate of drug-likeness (QED) is 0.820. The number of hydrogen-bond acceptors (Lipinski definition) is 4. The number of benzene rings is 1. The van der Waals surface area contributed by atoms with Gasteiger partial charge < -0.3 is 20.0 Å². The Labute approximate surface area is 159 Å². The van der Waals surface area contributed by atoms with E-state index in [9.17, 15) is 9.59 Å². The van der Waals surface area contributed by atoms with Gasteiger partial charge in [-0.15, -0.1) is 0 Å². The number of nitrogens with one attached hydrogen (secondary N) is 2. The van der Waals surface area contributed by atoms with Crippen LogP contribution in [0.3, 0.4) is 0 Å². The van der Waals surface area contributed by atoms with Crippen molar-refractivity contribution in [1.82, 2.24) is 15.1 Å². The maximum Gasteiger partial charge on any atom is 0.319 e. The number of furan rings is 1. The van der Waals surface area contributed by atoms with E-state index in [4.69, 9.17) is 4.42 Å². The highest BCUT2D eigenvalue weighted by atomic mass is 16.3. The molecule has 0 saturated carbocycles. The molecule has 1 atom stereocenters. The number of hydrogen-bond donors (Lipinski definition) is 2. The molecular weight excluding hydrogens is 344 g/mol. The van der Waals surface area contributed by atoms with Gasteiger partial charge in [0, 0.05) is 31.9 Å². The van der Waals surface area contributed by atoms with E-state index in [0.29, 0.717) is 17.8 Å². The second-order valence-electron chi connectivity index (χ2n) is 6.89. The molecule has 3 rings (SSSR count). The Morgan fingerprint density at radius 3 is 2.63 bits per heavy atom. The molecule has 3 amide bonds. The summed E-state index contributed by atoms with van der Waals surface area (Å²) in [5.41, 5.74) is 1.11. The van der Waals surface area contributed by atoms with Crippen molar-refractivity contribution in [2.45, 2.75) is 18.9 Å². The standard InChI is InChI=1S/C20H26N4O3/c1-23(2)19(25)15-7-5-8-16(13-15)22-20(26)21-14-17(18-9-6-12-27-18)24-10-3-4-11-24/h5-9,12-13,17H,3-4,10-11,14H2,1-2H3,(H2,21,22,26). The van der Waals surface area contributed by atoms with Gasteiger partial charge in [-0.2, -0.15) is 0 Å². The maximum absolute atomic E-state index is 12.3. The van der Waals surface area contributed by atoms with Gasteiger partial charge in [0.15, 0.2) is 0 Å². The third-order valence-electron chi connectivity index (χ3n) is 4.68. The Morgan fingerprint density at radius 1 is 1.19 bits per heavy atom. The van der Waals surface area contributed by atoms with Crippen molar-refractivity contribution in [1.29, 1.82) is 0 Å². The van der Waals surface area contributed by atoms with Crippen molar-refractivity contribution in [3.8, 4) is 0 Å². The van der Waals surface area contributed by atoms with Crippen molar-refractivity contribution >= 4 is 17.6 Å². The van der Waals surface area contributed by atoms with Crippen LogP contribution in [0.15, 0.2) is 47.1 Å². The predicted octanol–water partition coefficient (Wildman–Crippen LogP) is 2.94. The molecule has 2 aromatic rings. The van der Waals surface area contributed by atoms with Crippen LogP contribution in [-0.2, 0) is 0 Å². The number of nitrogens with zero attached hydrogens (tertiary/aromatic N) is 2. The molecule has 1 aromatic heterocycles. The summed E-state index contributed by atoms with van der Waals surface area (Å²) in [5, 5.41) is 5.72. The second-order valence-corrected chi connectivity index (χ2v) is 6.89. The molecule has 1 aliphatic heterocycles. The highest BCUT2D eigenvalue weighted by Gasteiger charge is 2.25. The van der Waals surface area contributed by atoms with Crippen LogP contribution in [0.2, 0.25) is 0 Å². The van der Waals surface area contributed by atoms with Gasteiger partial charge in [-0.1, -0.05) is 6.07 Å². The lowest BCUT2D eigenvalue weighted by molar-refractivity contribution is 0.0827.